The van der Waals surface area contributed by atoms with E-state index in [1.807, 2.05) is 19.1 Å². The number of hydrogen-bond donors (Lipinski definition) is 3. The second-order valence-corrected chi connectivity index (χ2v) is 7.95. The molecule has 0 aromatic heterocycles. The molecule has 0 saturated heterocycles. The second kappa shape index (κ2) is 11.8. The summed E-state index contributed by atoms with van der Waals surface area (Å²) in [6.45, 7) is 2.58. The van der Waals surface area contributed by atoms with Gasteiger partial charge in [0.05, 0.1) is 18.5 Å². The van der Waals surface area contributed by atoms with Crippen molar-refractivity contribution >= 4 is 45.6 Å². The SMILES string of the molecule is CN=C(NCc1ccccc1NS(C)(=O)=O)NCC(C)Oc1ccccc1F.I. The van der Waals surface area contributed by atoms with Crippen LogP contribution in [0.3, 0.4) is 0 Å². The number of ether oxygens (including phenoxy) is 1. The van der Waals surface area contributed by atoms with Crippen LogP contribution >= 0.6 is 24.0 Å². The Morgan fingerprint density at radius 3 is 2.45 bits per heavy atom. The van der Waals surface area contributed by atoms with Crippen LogP contribution in [0.15, 0.2) is 53.5 Å². The molecule has 1 atom stereocenters. The zero-order valence-electron chi connectivity index (χ0n) is 16.5. The molecule has 0 saturated carbocycles. The maximum absolute atomic E-state index is 13.6. The fourth-order valence-corrected chi connectivity index (χ4v) is 3.01. The van der Waals surface area contributed by atoms with Gasteiger partial charge in [-0.3, -0.25) is 9.71 Å². The van der Waals surface area contributed by atoms with E-state index >= 15 is 0 Å². The molecule has 2 aromatic rings. The van der Waals surface area contributed by atoms with Gasteiger partial charge >= 0.3 is 0 Å². The van der Waals surface area contributed by atoms with Gasteiger partial charge in [-0.25, -0.2) is 12.8 Å². The minimum absolute atomic E-state index is 0. The van der Waals surface area contributed by atoms with E-state index in [2.05, 4.69) is 20.3 Å². The number of benzene rings is 2. The Hall–Kier alpha value is -2.08. The van der Waals surface area contributed by atoms with Crippen molar-refractivity contribution in [3.8, 4) is 5.75 Å². The molecular formula is C19H26FIN4O3S. The molecule has 3 N–H and O–H groups in total. The van der Waals surface area contributed by atoms with Crippen molar-refractivity contribution in [1.29, 1.82) is 0 Å². The molecule has 0 amide bonds. The lowest BCUT2D eigenvalue weighted by Crippen LogP contribution is -2.41. The summed E-state index contributed by atoms with van der Waals surface area (Å²) in [6.07, 6.45) is 0.809. The molecule has 2 aromatic carbocycles. The van der Waals surface area contributed by atoms with Crippen molar-refractivity contribution in [2.75, 3.05) is 24.6 Å². The molecule has 1 unspecified atom stereocenters. The van der Waals surface area contributed by atoms with E-state index in [-0.39, 0.29) is 35.8 Å². The van der Waals surface area contributed by atoms with Crippen LogP contribution in [0.1, 0.15) is 12.5 Å². The van der Waals surface area contributed by atoms with Crippen LogP contribution in [0.25, 0.3) is 0 Å². The number of nitrogens with one attached hydrogen (secondary N) is 3. The first-order valence-electron chi connectivity index (χ1n) is 8.70. The molecule has 0 fully saturated rings. The van der Waals surface area contributed by atoms with Gasteiger partial charge < -0.3 is 15.4 Å². The number of anilines is 1. The van der Waals surface area contributed by atoms with Gasteiger partial charge in [0, 0.05) is 13.6 Å². The highest BCUT2D eigenvalue weighted by atomic mass is 127. The van der Waals surface area contributed by atoms with E-state index in [9.17, 15) is 12.8 Å². The van der Waals surface area contributed by atoms with Crippen molar-refractivity contribution < 1.29 is 17.5 Å². The molecule has 0 heterocycles. The average molecular weight is 536 g/mol. The Bertz CT molecular complexity index is 925. The minimum atomic E-state index is -3.37. The number of hydrogen-bond acceptors (Lipinski definition) is 4. The quantitative estimate of drug-likeness (QED) is 0.274. The van der Waals surface area contributed by atoms with Crippen molar-refractivity contribution in [3.63, 3.8) is 0 Å². The van der Waals surface area contributed by atoms with Gasteiger partial charge in [-0.1, -0.05) is 30.3 Å². The number of halogens is 2. The van der Waals surface area contributed by atoms with E-state index in [0.717, 1.165) is 11.8 Å². The summed E-state index contributed by atoms with van der Waals surface area (Å²) in [4.78, 5) is 4.13. The predicted molar refractivity (Wildman–Crippen MR) is 125 cm³/mol. The normalized spacial score (nSPS) is 12.5. The van der Waals surface area contributed by atoms with Crippen LogP contribution < -0.4 is 20.1 Å². The third-order valence-corrected chi connectivity index (χ3v) is 4.30. The Morgan fingerprint density at radius 2 is 1.79 bits per heavy atom. The summed E-state index contributed by atoms with van der Waals surface area (Å²) in [7, 11) is -1.75. The molecular weight excluding hydrogens is 510 g/mol. The maximum atomic E-state index is 13.6. The molecule has 0 aliphatic carbocycles. The minimum Gasteiger partial charge on any atom is -0.486 e. The molecule has 0 spiro atoms. The highest BCUT2D eigenvalue weighted by Gasteiger charge is 2.10. The third-order valence-electron chi connectivity index (χ3n) is 3.70. The summed E-state index contributed by atoms with van der Waals surface area (Å²) >= 11 is 0. The molecule has 0 radical (unpaired) electrons. The standard InChI is InChI=1S/C19H25FN4O3S.HI/c1-14(27-18-11-7-5-9-16(18)20)12-22-19(21-2)23-13-15-8-4-6-10-17(15)24-28(3,25)26;/h4-11,14,24H,12-13H2,1-3H3,(H2,21,22,23);1H. The van der Waals surface area contributed by atoms with E-state index in [4.69, 9.17) is 4.74 Å². The first-order valence-corrected chi connectivity index (χ1v) is 10.6. The van der Waals surface area contributed by atoms with Crippen LogP contribution in [0.4, 0.5) is 10.1 Å². The van der Waals surface area contributed by atoms with Crippen LogP contribution in [0.2, 0.25) is 0 Å². The Morgan fingerprint density at radius 1 is 1.14 bits per heavy atom. The fraction of sp³-hybridized carbons (Fsp3) is 0.316. The Kier molecular flexibility index (Phi) is 10.2. The summed E-state index contributed by atoms with van der Waals surface area (Å²) in [5.74, 6) is 0.297. The van der Waals surface area contributed by atoms with Crippen LogP contribution in [-0.2, 0) is 16.6 Å². The van der Waals surface area contributed by atoms with E-state index in [0.29, 0.717) is 24.7 Å². The number of nitrogens with zero attached hydrogens (tertiary/aromatic N) is 1. The number of sulfonamides is 1. The van der Waals surface area contributed by atoms with E-state index < -0.39 is 15.8 Å². The molecule has 2 rings (SSSR count). The largest absolute Gasteiger partial charge is 0.486 e. The van der Waals surface area contributed by atoms with Crippen molar-refractivity contribution in [3.05, 3.63) is 59.9 Å². The van der Waals surface area contributed by atoms with Crippen LogP contribution in [0.5, 0.6) is 5.75 Å². The number of guanidine groups is 1. The van der Waals surface area contributed by atoms with E-state index in [1.165, 1.54) is 6.07 Å². The highest BCUT2D eigenvalue weighted by Crippen LogP contribution is 2.17. The first kappa shape index (κ1) is 25.0. The lowest BCUT2D eigenvalue weighted by atomic mass is 10.2. The number of aliphatic imine (C=N–C) groups is 1. The van der Waals surface area contributed by atoms with Gasteiger partial charge in [-0.2, -0.15) is 0 Å². The number of para-hydroxylation sites is 2. The van der Waals surface area contributed by atoms with E-state index in [1.54, 1.807) is 37.4 Å². The predicted octanol–water partition coefficient (Wildman–Crippen LogP) is 2.95. The summed E-state index contributed by atoms with van der Waals surface area (Å²) in [6, 6.07) is 13.3. The Balaban J connectivity index is 0.00000420. The smallest absolute Gasteiger partial charge is 0.229 e. The van der Waals surface area contributed by atoms with Crippen LogP contribution in [-0.4, -0.2) is 40.3 Å². The molecule has 160 valence electrons. The van der Waals surface area contributed by atoms with Gasteiger partial charge in [0.2, 0.25) is 10.0 Å². The summed E-state index contributed by atoms with van der Waals surface area (Å²) in [5, 5.41) is 6.22. The number of rotatable bonds is 8. The molecule has 0 aliphatic rings. The van der Waals surface area contributed by atoms with Gasteiger partial charge in [0.1, 0.15) is 6.10 Å². The summed E-state index contributed by atoms with van der Waals surface area (Å²) in [5.41, 5.74) is 1.27. The lowest BCUT2D eigenvalue weighted by Gasteiger charge is -2.18. The highest BCUT2D eigenvalue weighted by molar-refractivity contribution is 14.0. The maximum Gasteiger partial charge on any atom is 0.229 e. The lowest BCUT2D eigenvalue weighted by molar-refractivity contribution is 0.214. The molecule has 0 bridgehead atoms. The summed E-state index contributed by atoms with van der Waals surface area (Å²) < 4.78 is 44.7. The van der Waals surface area contributed by atoms with Gasteiger partial charge in [0.15, 0.2) is 17.5 Å². The molecule has 7 nitrogen and oxygen atoms in total. The van der Waals surface area contributed by atoms with Gasteiger partial charge in [-0.15, -0.1) is 24.0 Å². The van der Waals surface area contributed by atoms with Crippen molar-refractivity contribution in [1.82, 2.24) is 10.6 Å². The van der Waals surface area contributed by atoms with Crippen molar-refractivity contribution in [2.45, 2.75) is 19.6 Å². The molecule has 10 heteroatoms. The van der Waals surface area contributed by atoms with Crippen molar-refractivity contribution in [2.24, 2.45) is 4.99 Å². The first-order chi connectivity index (χ1) is 13.3. The van der Waals surface area contributed by atoms with Gasteiger partial charge in [-0.05, 0) is 30.7 Å². The fourth-order valence-electron chi connectivity index (χ4n) is 2.41. The van der Waals surface area contributed by atoms with Crippen LogP contribution in [0, 0.1) is 5.82 Å². The zero-order chi connectivity index (χ0) is 20.6. The monoisotopic (exact) mass is 536 g/mol. The third kappa shape index (κ3) is 8.86. The molecule has 0 aliphatic heterocycles. The van der Waals surface area contributed by atoms with Gasteiger partial charge in [0.25, 0.3) is 0 Å². The average Bonchev–Trinajstić information content (AvgIpc) is 2.64. The second-order valence-electron chi connectivity index (χ2n) is 6.20. The zero-order valence-corrected chi connectivity index (χ0v) is 19.6. The Labute approximate surface area is 188 Å². The topological polar surface area (TPSA) is 91.8 Å². The molecule has 29 heavy (non-hydrogen) atoms.